The Kier molecular flexibility index (Phi) is 4.11. The zero-order valence-corrected chi connectivity index (χ0v) is 10.7. The second kappa shape index (κ2) is 5.79. The van der Waals surface area contributed by atoms with E-state index in [0.29, 0.717) is 17.7 Å². The molecule has 1 saturated heterocycles. The number of hydrogen-bond acceptors (Lipinski definition) is 4. The standard InChI is InChI=1S/C13H16N2O4/c1-9-7-10(4-5-12(9)15(17)18)13(16)14-8-11-3-2-6-19-11/h4-5,7,11H,2-3,6,8H2,1H3,(H,14,16). The molecule has 6 heteroatoms. The fourth-order valence-corrected chi connectivity index (χ4v) is 2.12. The van der Waals surface area contributed by atoms with Crippen LogP contribution in [0.3, 0.4) is 0 Å². The van der Waals surface area contributed by atoms with Gasteiger partial charge in [-0.1, -0.05) is 0 Å². The molecule has 0 bridgehead atoms. The predicted molar refractivity (Wildman–Crippen MR) is 69.1 cm³/mol. The van der Waals surface area contributed by atoms with E-state index in [1.165, 1.54) is 18.2 Å². The first-order chi connectivity index (χ1) is 9.08. The number of nitro groups is 1. The number of nitrogens with zero attached hydrogens (tertiary/aromatic N) is 1. The van der Waals surface area contributed by atoms with Crippen LogP contribution in [0.2, 0.25) is 0 Å². The van der Waals surface area contributed by atoms with Crippen LogP contribution in [-0.4, -0.2) is 30.1 Å². The number of carbonyl (C=O) groups is 1. The van der Waals surface area contributed by atoms with Gasteiger partial charge >= 0.3 is 0 Å². The van der Waals surface area contributed by atoms with Crippen molar-refractivity contribution in [1.82, 2.24) is 5.32 Å². The molecule has 1 unspecified atom stereocenters. The largest absolute Gasteiger partial charge is 0.376 e. The van der Waals surface area contributed by atoms with Crippen LogP contribution >= 0.6 is 0 Å². The highest BCUT2D eigenvalue weighted by molar-refractivity contribution is 5.94. The fourth-order valence-electron chi connectivity index (χ4n) is 2.12. The molecule has 1 aliphatic rings. The van der Waals surface area contributed by atoms with Crippen molar-refractivity contribution < 1.29 is 14.5 Å². The Bertz CT molecular complexity index is 495. The van der Waals surface area contributed by atoms with Crippen molar-refractivity contribution >= 4 is 11.6 Å². The summed E-state index contributed by atoms with van der Waals surface area (Å²) in [5.74, 6) is -0.228. The van der Waals surface area contributed by atoms with Crippen LogP contribution in [0.15, 0.2) is 18.2 Å². The van der Waals surface area contributed by atoms with Crippen molar-refractivity contribution in [2.75, 3.05) is 13.2 Å². The van der Waals surface area contributed by atoms with Gasteiger partial charge in [-0.3, -0.25) is 14.9 Å². The molecule has 0 aromatic heterocycles. The Labute approximate surface area is 110 Å². The van der Waals surface area contributed by atoms with Crippen molar-refractivity contribution in [3.63, 3.8) is 0 Å². The molecule has 1 atom stereocenters. The number of aryl methyl sites for hydroxylation is 1. The van der Waals surface area contributed by atoms with Gasteiger partial charge in [-0.15, -0.1) is 0 Å². The quantitative estimate of drug-likeness (QED) is 0.664. The average Bonchev–Trinajstić information content (AvgIpc) is 2.88. The van der Waals surface area contributed by atoms with Crippen molar-refractivity contribution in [3.05, 3.63) is 39.4 Å². The molecule has 1 heterocycles. The lowest BCUT2D eigenvalue weighted by atomic mass is 10.1. The van der Waals surface area contributed by atoms with Crippen LogP contribution in [-0.2, 0) is 4.74 Å². The number of hydrogen-bond donors (Lipinski definition) is 1. The highest BCUT2D eigenvalue weighted by atomic mass is 16.6. The summed E-state index contributed by atoms with van der Waals surface area (Å²) in [6, 6.07) is 4.36. The first kappa shape index (κ1) is 13.5. The first-order valence-electron chi connectivity index (χ1n) is 6.23. The number of amides is 1. The smallest absolute Gasteiger partial charge is 0.272 e. The number of rotatable bonds is 4. The normalized spacial score (nSPS) is 18.3. The van der Waals surface area contributed by atoms with Crippen molar-refractivity contribution in [1.29, 1.82) is 0 Å². The monoisotopic (exact) mass is 264 g/mol. The van der Waals surface area contributed by atoms with E-state index in [4.69, 9.17) is 4.74 Å². The number of nitro benzene ring substituents is 1. The molecule has 1 aliphatic heterocycles. The summed E-state index contributed by atoms with van der Waals surface area (Å²) in [6.07, 6.45) is 2.07. The maximum atomic E-state index is 11.9. The van der Waals surface area contributed by atoms with Gasteiger partial charge in [0.1, 0.15) is 0 Å². The molecule has 1 N–H and O–H groups in total. The van der Waals surface area contributed by atoms with E-state index in [9.17, 15) is 14.9 Å². The van der Waals surface area contributed by atoms with Crippen LogP contribution in [0.1, 0.15) is 28.8 Å². The summed E-state index contributed by atoms with van der Waals surface area (Å²) >= 11 is 0. The molecule has 1 aromatic carbocycles. The van der Waals surface area contributed by atoms with Crippen molar-refractivity contribution in [3.8, 4) is 0 Å². The van der Waals surface area contributed by atoms with E-state index in [-0.39, 0.29) is 17.7 Å². The molecule has 19 heavy (non-hydrogen) atoms. The topological polar surface area (TPSA) is 81.5 Å². The van der Waals surface area contributed by atoms with E-state index in [1.807, 2.05) is 0 Å². The minimum Gasteiger partial charge on any atom is -0.376 e. The number of benzene rings is 1. The lowest BCUT2D eigenvalue weighted by molar-refractivity contribution is -0.385. The van der Waals surface area contributed by atoms with Crippen molar-refractivity contribution in [2.45, 2.75) is 25.9 Å². The molecule has 1 amide bonds. The number of ether oxygens (including phenoxy) is 1. The molecule has 1 aromatic rings. The van der Waals surface area contributed by atoms with Gasteiger partial charge < -0.3 is 10.1 Å². The Hall–Kier alpha value is -1.95. The summed E-state index contributed by atoms with van der Waals surface area (Å²) in [4.78, 5) is 22.1. The van der Waals surface area contributed by atoms with Gasteiger partial charge in [0, 0.05) is 30.3 Å². The van der Waals surface area contributed by atoms with Gasteiger partial charge in [0.25, 0.3) is 11.6 Å². The van der Waals surface area contributed by atoms with Crippen LogP contribution in [0.4, 0.5) is 5.69 Å². The molecule has 0 saturated carbocycles. The molecule has 0 aliphatic carbocycles. The highest BCUT2D eigenvalue weighted by Gasteiger charge is 2.18. The van der Waals surface area contributed by atoms with Crippen LogP contribution in [0.5, 0.6) is 0 Å². The van der Waals surface area contributed by atoms with E-state index in [2.05, 4.69) is 5.32 Å². The molecule has 2 rings (SSSR count). The number of carbonyl (C=O) groups excluding carboxylic acids is 1. The maximum absolute atomic E-state index is 11.9. The van der Waals surface area contributed by atoms with Gasteiger partial charge in [0.15, 0.2) is 0 Å². The summed E-state index contributed by atoms with van der Waals surface area (Å²) in [5.41, 5.74) is 0.937. The zero-order chi connectivity index (χ0) is 13.8. The Morgan fingerprint density at radius 1 is 1.58 bits per heavy atom. The molecule has 0 spiro atoms. The number of nitrogens with one attached hydrogen (secondary N) is 1. The van der Waals surface area contributed by atoms with E-state index in [1.54, 1.807) is 6.92 Å². The SMILES string of the molecule is Cc1cc(C(=O)NCC2CCCO2)ccc1[N+](=O)[O-]. The molecular weight excluding hydrogens is 248 g/mol. The summed E-state index contributed by atoms with van der Waals surface area (Å²) in [7, 11) is 0. The molecule has 6 nitrogen and oxygen atoms in total. The Balaban J connectivity index is 1.98. The molecule has 0 radical (unpaired) electrons. The first-order valence-corrected chi connectivity index (χ1v) is 6.23. The minimum absolute atomic E-state index is 0.0238. The van der Waals surface area contributed by atoms with Crippen LogP contribution < -0.4 is 5.32 Å². The van der Waals surface area contributed by atoms with Gasteiger partial charge in [-0.25, -0.2) is 0 Å². The third kappa shape index (κ3) is 3.29. The summed E-state index contributed by atoms with van der Waals surface area (Å²) < 4.78 is 5.41. The minimum atomic E-state index is -0.455. The molecular formula is C13H16N2O4. The fraction of sp³-hybridized carbons (Fsp3) is 0.462. The van der Waals surface area contributed by atoms with Gasteiger partial charge in [0.2, 0.25) is 0 Å². The second-order valence-corrected chi connectivity index (χ2v) is 4.60. The summed E-state index contributed by atoms with van der Waals surface area (Å²) in [6.45, 7) is 2.85. The van der Waals surface area contributed by atoms with E-state index < -0.39 is 4.92 Å². The van der Waals surface area contributed by atoms with E-state index >= 15 is 0 Å². The van der Waals surface area contributed by atoms with Gasteiger partial charge in [-0.05, 0) is 31.9 Å². The predicted octanol–water partition coefficient (Wildman–Crippen LogP) is 1.81. The third-order valence-electron chi connectivity index (χ3n) is 3.17. The van der Waals surface area contributed by atoms with Gasteiger partial charge in [0.05, 0.1) is 11.0 Å². The highest BCUT2D eigenvalue weighted by Crippen LogP contribution is 2.18. The average molecular weight is 264 g/mol. The lowest BCUT2D eigenvalue weighted by Gasteiger charge is -2.11. The van der Waals surface area contributed by atoms with Gasteiger partial charge in [-0.2, -0.15) is 0 Å². The van der Waals surface area contributed by atoms with Crippen LogP contribution in [0, 0.1) is 17.0 Å². The third-order valence-corrected chi connectivity index (χ3v) is 3.17. The second-order valence-electron chi connectivity index (χ2n) is 4.60. The molecule has 102 valence electrons. The molecule has 1 fully saturated rings. The lowest BCUT2D eigenvalue weighted by Crippen LogP contribution is -2.31. The zero-order valence-electron chi connectivity index (χ0n) is 10.7. The maximum Gasteiger partial charge on any atom is 0.272 e. The van der Waals surface area contributed by atoms with Crippen LogP contribution in [0.25, 0.3) is 0 Å². The van der Waals surface area contributed by atoms with Crippen molar-refractivity contribution in [2.24, 2.45) is 0 Å². The van der Waals surface area contributed by atoms with E-state index in [0.717, 1.165) is 19.4 Å². The summed E-state index contributed by atoms with van der Waals surface area (Å²) in [5, 5.41) is 13.5. The Morgan fingerprint density at radius 2 is 2.37 bits per heavy atom. The Morgan fingerprint density at radius 3 is 2.95 bits per heavy atom.